The lowest BCUT2D eigenvalue weighted by molar-refractivity contribution is 0.291. The fourth-order valence-electron chi connectivity index (χ4n) is 2.78. The van der Waals surface area contributed by atoms with Gasteiger partial charge in [-0.25, -0.2) is 0 Å². The Morgan fingerprint density at radius 3 is 2.39 bits per heavy atom. The van der Waals surface area contributed by atoms with Gasteiger partial charge in [0.05, 0.1) is 4.47 Å². The summed E-state index contributed by atoms with van der Waals surface area (Å²) in [7, 11) is 0. The van der Waals surface area contributed by atoms with E-state index >= 15 is 0 Å². The van der Waals surface area contributed by atoms with Crippen LogP contribution in [0.25, 0.3) is 0 Å². The Morgan fingerprint density at radius 1 is 1.22 bits per heavy atom. The van der Waals surface area contributed by atoms with Gasteiger partial charge in [0.25, 0.3) is 0 Å². The van der Waals surface area contributed by atoms with Gasteiger partial charge in [0.1, 0.15) is 5.75 Å². The number of phenols is 1. The molecule has 0 amide bonds. The Labute approximate surface area is 118 Å². The van der Waals surface area contributed by atoms with Crippen LogP contribution in [0.3, 0.4) is 0 Å². The van der Waals surface area contributed by atoms with Gasteiger partial charge in [-0.1, -0.05) is 33.1 Å². The summed E-state index contributed by atoms with van der Waals surface area (Å²) < 4.78 is 0.763. The second-order valence-electron chi connectivity index (χ2n) is 5.77. The van der Waals surface area contributed by atoms with Crippen molar-refractivity contribution in [2.75, 3.05) is 0 Å². The van der Waals surface area contributed by atoms with E-state index in [1.165, 1.54) is 12.0 Å². The first-order valence-electron chi connectivity index (χ1n) is 6.76. The number of nitrogens with two attached hydrogens (primary N) is 1. The van der Waals surface area contributed by atoms with Gasteiger partial charge in [0.15, 0.2) is 0 Å². The van der Waals surface area contributed by atoms with Gasteiger partial charge in [-0.2, -0.15) is 0 Å². The maximum Gasteiger partial charge on any atom is 0.134 e. The third-order valence-corrected chi connectivity index (χ3v) is 4.64. The smallest absolute Gasteiger partial charge is 0.134 e. The van der Waals surface area contributed by atoms with Crippen LogP contribution in [-0.2, 0) is 5.54 Å². The van der Waals surface area contributed by atoms with E-state index in [9.17, 15) is 5.11 Å². The molecule has 0 aliphatic heterocycles. The minimum absolute atomic E-state index is 0.323. The largest absolute Gasteiger partial charge is 0.506 e. The predicted octanol–water partition coefficient (Wildman–Crippen LogP) is 4.40. The van der Waals surface area contributed by atoms with Crippen LogP contribution in [0.1, 0.15) is 63.0 Å². The van der Waals surface area contributed by atoms with Crippen LogP contribution >= 0.6 is 15.9 Å². The lowest BCUT2D eigenvalue weighted by Gasteiger charge is -2.35. The highest BCUT2D eigenvalue weighted by molar-refractivity contribution is 9.10. The second-order valence-corrected chi connectivity index (χ2v) is 6.62. The first-order valence-corrected chi connectivity index (χ1v) is 7.55. The molecule has 100 valence electrons. The van der Waals surface area contributed by atoms with Crippen molar-refractivity contribution in [2.24, 2.45) is 5.73 Å². The van der Waals surface area contributed by atoms with Crippen LogP contribution in [0.4, 0.5) is 0 Å². The lowest BCUT2D eigenvalue weighted by Crippen LogP contribution is -2.38. The van der Waals surface area contributed by atoms with Gasteiger partial charge in [0.2, 0.25) is 0 Å². The van der Waals surface area contributed by atoms with Crippen LogP contribution in [0.15, 0.2) is 16.6 Å². The van der Waals surface area contributed by atoms with Crippen LogP contribution < -0.4 is 5.73 Å². The van der Waals surface area contributed by atoms with Gasteiger partial charge in [-0.05, 0) is 52.4 Å². The summed E-state index contributed by atoms with van der Waals surface area (Å²) in [5.41, 5.74) is 8.33. The van der Waals surface area contributed by atoms with Crippen molar-refractivity contribution in [1.82, 2.24) is 0 Å². The van der Waals surface area contributed by atoms with E-state index in [1.54, 1.807) is 0 Å². The van der Waals surface area contributed by atoms with E-state index in [2.05, 4.69) is 35.8 Å². The molecule has 2 nitrogen and oxygen atoms in total. The average Bonchev–Trinajstić information content (AvgIpc) is 2.33. The van der Waals surface area contributed by atoms with Crippen LogP contribution in [0.5, 0.6) is 5.75 Å². The fraction of sp³-hybridized carbons (Fsp3) is 0.600. The molecule has 0 aromatic heterocycles. The van der Waals surface area contributed by atoms with E-state index in [-0.39, 0.29) is 5.54 Å². The third-order valence-electron chi connectivity index (χ3n) is 4.03. The molecule has 2 rings (SSSR count). The van der Waals surface area contributed by atoms with Crippen molar-refractivity contribution in [1.29, 1.82) is 0 Å². The summed E-state index contributed by atoms with van der Waals surface area (Å²) in [6.45, 7) is 4.32. The fourth-order valence-corrected chi connectivity index (χ4v) is 3.26. The number of hydrogen-bond donors (Lipinski definition) is 2. The van der Waals surface area contributed by atoms with Crippen molar-refractivity contribution >= 4 is 15.9 Å². The molecular formula is C15H22BrNO. The molecule has 0 radical (unpaired) electrons. The summed E-state index contributed by atoms with van der Waals surface area (Å²) in [6.07, 6.45) is 5.49. The lowest BCUT2D eigenvalue weighted by atomic mass is 9.76. The number of hydrogen-bond acceptors (Lipinski definition) is 2. The van der Waals surface area contributed by atoms with Crippen molar-refractivity contribution < 1.29 is 5.11 Å². The number of aromatic hydroxyl groups is 1. The Kier molecular flexibility index (Phi) is 4.02. The molecule has 1 saturated carbocycles. The van der Waals surface area contributed by atoms with E-state index in [0.29, 0.717) is 11.7 Å². The zero-order valence-corrected chi connectivity index (χ0v) is 12.8. The van der Waals surface area contributed by atoms with Crippen molar-refractivity contribution in [3.63, 3.8) is 0 Å². The first kappa shape index (κ1) is 13.9. The molecule has 0 saturated heterocycles. The Bertz CT molecular complexity index is 436. The normalized spacial score (nSPS) is 19.2. The van der Waals surface area contributed by atoms with Gasteiger partial charge in [0, 0.05) is 11.1 Å². The molecule has 0 spiro atoms. The van der Waals surface area contributed by atoms with Crippen molar-refractivity contribution in [2.45, 2.75) is 57.4 Å². The minimum atomic E-state index is -0.351. The standard InChI is InChI=1S/C15H22BrNO/c1-10(2)11-8-12(14(18)13(16)9-11)15(17)6-4-3-5-7-15/h8-10,18H,3-7,17H2,1-2H3. The molecule has 3 N–H and O–H groups in total. The van der Waals surface area contributed by atoms with Gasteiger partial charge in [-0.15, -0.1) is 0 Å². The molecule has 0 heterocycles. The van der Waals surface area contributed by atoms with Crippen LogP contribution in [0.2, 0.25) is 0 Å². The number of halogens is 1. The Morgan fingerprint density at radius 2 is 1.83 bits per heavy atom. The first-order chi connectivity index (χ1) is 8.44. The molecule has 1 aliphatic rings. The second kappa shape index (κ2) is 5.22. The van der Waals surface area contributed by atoms with Crippen LogP contribution in [-0.4, -0.2) is 5.11 Å². The zero-order valence-electron chi connectivity index (χ0n) is 11.2. The van der Waals surface area contributed by atoms with Gasteiger partial charge in [-0.3, -0.25) is 0 Å². The SMILES string of the molecule is CC(C)c1cc(Br)c(O)c(C2(N)CCCCC2)c1. The van der Waals surface area contributed by atoms with Crippen molar-refractivity contribution in [3.8, 4) is 5.75 Å². The molecule has 0 atom stereocenters. The molecule has 3 heteroatoms. The van der Waals surface area contributed by atoms with Crippen LogP contribution in [0, 0.1) is 0 Å². The van der Waals surface area contributed by atoms with Gasteiger partial charge < -0.3 is 10.8 Å². The van der Waals surface area contributed by atoms with E-state index in [0.717, 1.165) is 35.7 Å². The molecule has 0 unspecified atom stereocenters. The van der Waals surface area contributed by atoms with E-state index < -0.39 is 0 Å². The monoisotopic (exact) mass is 311 g/mol. The highest BCUT2D eigenvalue weighted by Gasteiger charge is 2.32. The quantitative estimate of drug-likeness (QED) is 0.850. The summed E-state index contributed by atoms with van der Waals surface area (Å²) in [4.78, 5) is 0. The molecule has 1 aliphatic carbocycles. The molecular weight excluding hydrogens is 290 g/mol. The topological polar surface area (TPSA) is 46.2 Å². The molecule has 1 fully saturated rings. The van der Waals surface area contributed by atoms with E-state index in [4.69, 9.17) is 5.73 Å². The summed E-state index contributed by atoms with van der Waals surface area (Å²) in [5, 5.41) is 10.3. The maximum atomic E-state index is 10.3. The van der Waals surface area contributed by atoms with E-state index in [1.807, 2.05) is 6.07 Å². The third kappa shape index (κ3) is 2.57. The number of phenolic OH excluding ortho intramolecular Hbond substituents is 1. The maximum absolute atomic E-state index is 10.3. The summed E-state index contributed by atoms with van der Waals surface area (Å²) in [6, 6.07) is 4.09. The molecule has 1 aromatic rings. The molecule has 0 bridgehead atoms. The minimum Gasteiger partial charge on any atom is -0.506 e. The number of benzene rings is 1. The summed E-state index contributed by atoms with van der Waals surface area (Å²) >= 11 is 3.45. The zero-order chi connectivity index (χ0) is 13.3. The molecule has 1 aromatic carbocycles. The highest BCUT2D eigenvalue weighted by atomic mass is 79.9. The van der Waals surface area contributed by atoms with Gasteiger partial charge >= 0.3 is 0 Å². The summed E-state index contributed by atoms with van der Waals surface area (Å²) in [5.74, 6) is 0.761. The Hall–Kier alpha value is -0.540. The van der Waals surface area contributed by atoms with Crippen molar-refractivity contribution in [3.05, 3.63) is 27.7 Å². The molecule has 18 heavy (non-hydrogen) atoms. The predicted molar refractivity (Wildman–Crippen MR) is 78.8 cm³/mol. The highest BCUT2D eigenvalue weighted by Crippen LogP contribution is 2.43. The average molecular weight is 312 g/mol. The Balaban J connectivity index is 2.48. The number of rotatable bonds is 2.